The van der Waals surface area contributed by atoms with Crippen LogP contribution in [0.1, 0.15) is 11.1 Å². The first-order valence-corrected chi connectivity index (χ1v) is 8.57. The van der Waals surface area contributed by atoms with Gasteiger partial charge in [0.05, 0.1) is 42.7 Å². The van der Waals surface area contributed by atoms with E-state index >= 15 is 0 Å². The topological polar surface area (TPSA) is 55.4 Å². The van der Waals surface area contributed by atoms with Crippen LogP contribution in [-0.4, -0.2) is 42.7 Å². The van der Waals surface area contributed by atoms with Gasteiger partial charge in [0.25, 0.3) is 0 Å². The van der Waals surface area contributed by atoms with Crippen molar-refractivity contribution in [2.75, 3.05) is 42.7 Å². The molecule has 150 valence electrons. The molecule has 0 atom stereocenters. The highest BCUT2D eigenvalue weighted by Crippen LogP contribution is 2.41. The van der Waals surface area contributed by atoms with Gasteiger partial charge in [-0.1, -0.05) is 24.3 Å². The molecular formula is C22H26O6. The zero-order chi connectivity index (χ0) is 20.5. The van der Waals surface area contributed by atoms with Gasteiger partial charge in [0, 0.05) is 11.1 Å². The predicted molar refractivity (Wildman–Crippen MR) is 110 cm³/mol. The van der Waals surface area contributed by atoms with Gasteiger partial charge in [-0.2, -0.15) is 0 Å². The molecule has 0 saturated heterocycles. The normalized spacial score (nSPS) is 10.9. The van der Waals surface area contributed by atoms with Crippen LogP contribution in [0.25, 0.3) is 12.2 Å². The Morgan fingerprint density at radius 2 is 0.821 bits per heavy atom. The van der Waals surface area contributed by atoms with Crippen LogP contribution in [0.15, 0.2) is 36.4 Å². The van der Waals surface area contributed by atoms with Crippen molar-refractivity contribution in [3.05, 3.63) is 47.5 Å². The molecule has 6 nitrogen and oxygen atoms in total. The number of benzene rings is 2. The van der Waals surface area contributed by atoms with Crippen LogP contribution < -0.4 is 28.4 Å². The smallest absolute Gasteiger partial charge is 0.203 e. The minimum absolute atomic E-state index is 0.553. The van der Waals surface area contributed by atoms with Crippen LogP contribution in [0.2, 0.25) is 0 Å². The van der Waals surface area contributed by atoms with Crippen molar-refractivity contribution in [3.8, 4) is 34.5 Å². The molecule has 2 aromatic carbocycles. The Hall–Kier alpha value is -3.28. The SMILES string of the molecule is COc1ccc(C=CC=Cc2ccc(OC)c(OC)c2OC)c(OC)c1OC. The molecule has 0 aliphatic heterocycles. The summed E-state index contributed by atoms with van der Waals surface area (Å²) in [5, 5.41) is 0. The monoisotopic (exact) mass is 386 g/mol. The lowest BCUT2D eigenvalue weighted by atomic mass is 10.1. The lowest BCUT2D eigenvalue weighted by molar-refractivity contribution is 0.324. The number of ether oxygens (including phenoxy) is 6. The molecule has 0 radical (unpaired) electrons. The van der Waals surface area contributed by atoms with Crippen LogP contribution in [0.3, 0.4) is 0 Å². The van der Waals surface area contributed by atoms with Gasteiger partial charge >= 0.3 is 0 Å². The lowest BCUT2D eigenvalue weighted by Crippen LogP contribution is -1.96. The number of hydrogen-bond acceptors (Lipinski definition) is 6. The Bertz CT molecular complexity index is 783. The molecule has 0 heterocycles. The molecule has 0 N–H and O–H groups in total. The molecule has 2 rings (SSSR count). The molecule has 0 spiro atoms. The van der Waals surface area contributed by atoms with E-state index in [1.165, 1.54) is 0 Å². The standard InChI is InChI=1S/C22H26O6/c1-23-17-13-11-15(19(25-3)21(17)27-5)9-7-8-10-16-12-14-18(24-2)22(28-6)20(16)26-4/h7-14H,1-6H3. The summed E-state index contributed by atoms with van der Waals surface area (Å²) in [4.78, 5) is 0. The summed E-state index contributed by atoms with van der Waals surface area (Å²) in [5.74, 6) is 3.55. The Morgan fingerprint density at radius 1 is 0.464 bits per heavy atom. The molecule has 0 aromatic heterocycles. The summed E-state index contributed by atoms with van der Waals surface area (Å²) in [5.41, 5.74) is 1.73. The quantitative estimate of drug-likeness (QED) is 0.593. The van der Waals surface area contributed by atoms with Gasteiger partial charge in [-0.25, -0.2) is 0 Å². The van der Waals surface area contributed by atoms with Crippen molar-refractivity contribution >= 4 is 12.2 Å². The van der Waals surface area contributed by atoms with E-state index in [-0.39, 0.29) is 0 Å². The maximum Gasteiger partial charge on any atom is 0.203 e. The fraction of sp³-hybridized carbons (Fsp3) is 0.273. The average Bonchev–Trinajstić information content (AvgIpc) is 2.74. The van der Waals surface area contributed by atoms with E-state index in [0.29, 0.717) is 34.5 Å². The predicted octanol–water partition coefficient (Wildman–Crippen LogP) is 4.46. The summed E-state index contributed by atoms with van der Waals surface area (Å²) in [6.45, 7) is 0. The highest BCUT2D eigenvalue weighted by molar-refractivity contribution is 5.70. The zero-order valence-electron chi connectivity index (χ0n) is 17.1. The molecule has 6 heteroatoms. The molecule has 0 fully saturated rings. The number of methoxy groups -OCH3 is 6. The van der Waals surface area contributed by atoms with Crippen LogP contribution in [0.4, 0.5) is 0 Å². The summed E-state index contributed by atoms with van der Waals surface area (Å²) in [6, 6.07) is 7.48. The first-order valence-electron chi connectivity index (χ1n) is 8.57. The van der Waals surface area contributed by atoms with Crippen molar-refractivity contribution in [3.63, 3.8) is 0 Å². The summed E-state index contributed by atoms with van der Waals surface area (Å²) in [7, 11) is 9.53. The van der Waals surface area contributed by atoms with Crippen LogP contribution in [0.5, 0.6) is 34.5 Å². The maximum atomic E-state index is 5.49. The van der Waals surface area contributed by atoms with Gasteiger partial charge in [-0.15, -0.1) is 0 Å². The van der Waals surface area contributed by atoms with Gasteiger partial charge in [0.1, 0.15) is 0 Å². The third-order valence-electron chi connectivity index (χ3n) is 4.13. The molecule has 28 heavy (non-hydrogen) atoms. The molecule has 0 saturated carbocycles. The third kappa shape index (κ3) is 4.34. The molecule has 0 bridgehead atoms. The molecular weight excluding hydrogens is 360 g/mol. The first-order chi connectivity index (χ1) is 13.6. The highest BCUT2D eigenvalue weighted by Gasteiger charge is 2.15. The largest absolute Gasteiger partial charge is 0.493 e. The Morgan fingerprint density at radius 3 is 1.11 bits per heavy atom. The van der Waals surface area contributed by atoms with E-state index in [0.717, 1.165) is 11.1 Å². The first kappa shape index (κ1) is 21.0. The number of hydrogen-bond donors (Lipinski definition) is 0. The Labute approximate surface area is 165 Å². The van der Waals surface area contributed by atoms with E-state index in [9.17, 15) is 0 Å². The number of rotatable bonds is 9. The molecule has 0 unspecified atom stereocenters. The van der Waals surface area contributed by atoms with E-state index in [1.807, 2.05) is 48.6 Å². The van der Waals surface area contributed by atoms with E-state index in [2.05, 4.69) is 0 Å². The summed E-state index contributed by atoms with van der Waals surface area (Å²) in [6.07, 6.45) is 7.65. The van der Waals surface area contributed by atoms with Gasteiger partial charge in [-0.3, -0.25) is 0 Å². The van der Waals surface area contributed by atoms with Crippen molar-refractivity contribution in [1.29, 1.82) is 0 Å². The fourth-order valence-electron chi connectivity index (χ4n) is 2.83. The number of allylic oxidation sites excluding steroid dienone is 2. The van der Waals surface area contributed by atoms with Gasteiger partial charge in [0.2, 0.25) is 11.5 Å². The molecule has 0 aliphatic rings. The third-order valence-corrected chi connectivity index (χ3v) is 4.13. The van der Waals surface area contributed by atoms with Gasteiger partial charge in [-0.05, 0) is 24.3 Å². The van der Waals surface area contributed by atoms with Crippen LogP contribution >= 0.6 is 0 Å². The summed E-state index contributed by atoms with van der Waals surface area (Å²) >= 11 is 0. The molecule has 0 aliphatic carbocycles. The van der Waals surface area contributed by atoms with Crippen molar-refractivity contribution in [2.45, 2.75) is 0 Å². The Balaban J connectivity index is 2.32. The zero-order valence-corrected chi connectivity index (χ0v) is 17.1. The minimum atomic E-state index is 0.553. The van der Waals surface area contributed by atoms with E-state index < -0.39 is 0 Å². The Kier molecular flexibility index (Phi) is 7.63. The highest BCUT2D eigenvalue weighted by atomic mass is 16.5. The van der Waals surface area contributed by atoms with Crippen molar-refractivity contribution < 1.29 is 28.4 Å². The lowest BCUT2D eigenvalue weighted by Gasteiger charge is -2.14. The van der Waals surface area contributed by atoms with Crippen molar-refractivity contribution in [1.82, 2.24) is 0 Å². The van der Waals surface area contributed by atoms with Crippen LogP contribution in [-0.2, 0) is 0 Å². The van der Waals surface area contributed by atoms with Gasteiger partial charge in [0.15, 0.2) is 23.0 Å². The second-order valence-corrected chi connectivity index (χ2v) is 5.57. The average molecular weight is 386 g/mol. The fourth-order valence-corrected chi connectivity index (χ4v) is 2.83. The van der Waals surface area contributed by atoms with E-state index in [4.69, 9.17) is 28.4 Å². The second kappa shape index (κ2) is 10.2. The summed E-state index contributed by atoms with van der Waals surface area (Å²) < 4.78 is 32.4. The molecule has 0 amide bonds. The van der Waals surface area contributed by atoms with Crippen molar-refractivity contribution in [2.24, 2.45) is 0 Å². The maximum absolute atomic E-state index is 5.49. The molecule has 2 aromatic rings. The van der Waals surface area contributed by atoms with Gasteiger partial charge < -0.3 is 28.4 Å². The van der Waals surface area contributed by atoms with E-state index in [1.54, 1.807) is 42.7 Å². The minimum Gasteiger partial charge on any atom is -0.493 e. The second-order valence-electron chi connectivity index (χ2n) is 5.57. The van der Waals surface area contributed by atoms with Crippen LogP contribution in [0, 0.1) is 0 Å².